The summed E-state index contributed by atoms with van der Waals surface area (Å²) in [7, 11) is 0. The van der Waals surface area contributed by atoms with Crippen molar-refractivity contribution in [1.82, 2.24) is 0 Å². The van der Waals surface area contributed by atoms with E-state index in [2.05, 4.69) is 13.8 Å². The molecule has 0 aromatic heterocycles. The summed E-state index contributed by atoms with van der Waals surface area (Å²) in [4.78, 5) is 0. The molecule has 0 aromatic carbocycles. The van der Waals surface area contributed by atoms with Crippen molar-refractivity contribution < 1.29 is 4.74 Å². The van der Waals surface area contributed by atoms with Crippen molar-refractivity contribution in [3.8, 4) is 0 Å². The van der Waals surface area contributed by atoms with E-state index in [1.54, 1.807) is 0 Å². The first-order valence-corrected chi connectivity index (χ1v) is 7.05. The first-order chi connectivity index (χ1) is 7.68. The lowest BCUT2D eigenvalue weighted by atomic mass is 9.72. The molecule has 1 saturated heterocycles. The molecule has 2 heteroatoms. The van der Waals surface area contributed by atoms with Crippen LogP contribution in [0.1, 0.15) is 52.4 Å². The Morgan fingerprint density at radius 2 is 1.88 bits per heavy atom. The van der Waals surface area contributed by atoms with Crippen molar-refractivity contribution in [2.75, 3.05) is 6.61 Å². The van der Waals surface area contributed by atoms with Crippen LogP contribution in [0.15, 0.2) is 0 Å². The minimum atomic E-state index is 0.287. The summed E-state index contributed by atoms with van der Waals surface area (Å²) in [5.74, 6) is 2.43. The maximum Gasteiger partial charge on any atom is 0.0728 e. The van der Waals surface area contributed by atoms with Gasteiger partial charge in [-0.2, -0.15) is 0 Å². The van der Waals surface area contributed by atoms with Crippen LogP contribution in [0, 0.1) is 17.8 Å². The van der Waals surface area contributed by atoms with Crippen LogP contribution in [0.2, 0.25) is 0 Å². The van der Waals surface area contributed by atoms with E-state index >= 15 is 0 Å². The molecule has 0 spiro atoms. The van der Waals surface area contributed by atoms with Gasteiger partial charge in [-0.3, -0.25) is 0 Å². The number of rotatable bonds is 2. The molecule has 1 aliphatic carbocycles. The predicted molar refractivity (Wildman–Crippen MR) is 67.2 cm³/mol. The average molecular weight is 225 g/mol. The van der Waals surface area contributed by atoms with E-state index in [1.807, 2.05) is 0 Å². The van der Waals surface area contributed by atoms with Crippen LogP contribution in [0.5, 0.6) is 0 Å². The van der Waals surface area contributed by atoms with Gasteiger partial charge in [0, 0.05) is 12.6 Å². The smallest absolute Gasteiger partial charge is 0.0728 e. The molecular formula is C14H27NO. The van der Waals surface area contributed by atoms with Crippen LogP contribution < -0.4 is 5.73 Å². The molecule has 0 radical (unpaired) electrons. The van der Waals surface area contributed by atoms with Gasteiger partial charge in [0.05, 0.1) is 6.10 Å². The van der Waals surface area contributed by atoms with Crippen LogP contribution in [0.4, 0.5) is 0 Å². The standard InChI is InChI=1S/C14H27NO/c1-10-6-7-12(9-11(10)2)14(15)13-5-3-4-8-16-13/h10-14H,3-9,15H2,1-2H3. The molecule has 2 rings (SSSR count). The van der Waals surface area contributed by atoms with E-state index in [4.69, 9.17) is 10.5 Å². The van der Waals surface area contributed by atoms with E-state index in [-0.39, 0.29) is 6.04 Å². The third-order valence-electron chi connectivity index (χ3n) is 4.83. The molecule has 0 aromatic rings. The molecule has 1 heterocycles. The fourth-order valence-electron chi connectivity index (χ4n) is 3.31. The number of nitrogens with two attached hydrogens (primary N) is 1. The van der Waals surface area contributed by atoms with Crippen molar-refractivity contribution in [1.29, 1.82) is 0 Å². The van der Waals surface area contributed by atoms with Crippen molar-refractivity contribution >= 4 is 0 Å². The highest BCUT2D eigenvalue weighted by Gasteiger charge is 2.33. The second-order valence-corrected chi connectivity index (χ2v) is 6.01. The van der Waals surface area contributed by atoms with Gasteiger partial charge in [-0.05, 0) is 49.9 Å². The minimum absolute atomic E-state index is 0.287. The SMILES string of the molecule is CC1CCC(C(N)C2CCCCO2)CC1C. The van der Waals surface area contributed by atoms with Crippen LogP contribution in [-0.2, 0) is 4.74 Å². The highest BCUT2D eigenvalue weighted by molar-refractivity contribution is 4.87. The molecule has 16 heavy (non-hydrogen) atoms. The van der Waals surface area contributed by atoms with E-state index in [9.17, 15) is 0 Å². The maximum absolute atomic E-state index is 6.41. The summed E-state index contributed by atoms with van der Waals surface area (Å²) in [6, 6.07) is 0.287. The second kappa shape index (κ2) is 5.50. The fourth-order valence-corrected chi connectivity index (χ4v) is 3.31. The molecule has 94 valence electrons. The Bertz CT molecular complexity index is 213. The summed E-state index contributed by atoms with van der Waals surface area (Å²) in [6.45, 7) is 5.69. The molecule has 0 amide bonds. The van der Waals surface area contributed by atoms with Gasteiger partial charge in [-0.25, -0.2) is 0 Å². The molecule has 2 aliphatic rings. The summed E-state index contributed by atoms with van der Waals surface area (Å²) in [5, 5.41) is 0. The van der Waals surface area contributed by atoms with Crippen LogP contribution in [0.3, 0.4) is 0 Å². The zero-order valence-corrected chi connectivity index (χ0v) is 10.8. The molecule has 1 saturated carbocycles. The Morgan fingerprint density at radius 1 is 1.06 bits per heavy atom. The van der Waals surface area contributed by atoms with E-state index in [0.29, 0.717) is 12.0 Å². The van der Waals surface area contributed by atoms with Gasteiger partial charge in [0.1, 0.15) is 0 Å². The Morgan fingerprint density at radius 3 is 2.50 bits per heavy atom. The molecule has 1 aliphatic heterocycles. The monoisotopic (exact) mass is 225 g/mol. The van der Waals surface area contributed by atoms with Crippen molar-refractivity contribution in [2.24, 2.45) is 23.5 Å². The van der Waals surface area contributed by atoms with Crippen LogP contribution in [-0.4, -0.2) is 18.8 Å². The zero-order valence-electron chi connectivity index (χ0n) is 10.8. The van der Waals surface area contributed by atoms with E-state index in [0.717, 1.165) is 18.4 Å². The van der Waals surface area contributed by atoms with Crippen LogP contribution >= 0.6 is 0 Å². The maximum atomic E-state index is 6.41. The molecular weight excluding hydrogens is 198 g/mol. The summed E-state index contributed by atoms with van der Waals surface area (Å²) < 4.78 is 5.83. The van der Waals surface area contributed by atoms with Gasteiger partial charge in [0.25, 0.3) is 0 Å². The zero-order chi connectivity index (χ0) is 11.5. The van der Waals surface area contributed by atoms with Gasteiger partial charge < -0.3 is 10.5 Å². The molecule has 5 atom stereocenters. The van der Waals surface area contributed by atoms with Gasteiger partial charge in [0.2, 0.25) is 0 Å². The number of ether oxygens (including phenoxy) is 1. The largest absolute Gasteiger partial charge is 0.377 e. The molecule has 0 bridgehead atoms. The quantitative estimate of drug-likeness (QED) is 0.784. The lowest BCUT2D eigenvalue weighted by molar-refractivity contribution is -0.0198. The third kappa shape index (κ3) is 2.78. The fraction of sp³-hybridized carbons (Fsp3) is 1.00. The minimum Gasteiger partial charge on any atom is -0.377 e. The lowest BCUT2D eigenvalue weighted by Crippen LogP contribution is -2.46. The van der Waals surface area contributed by atoms with Gasteiger partial charge >= 0.3 is 0 Å². The molecule has 2 fully saturated rings. The van der Waals surface area contributed by atoms with E-state index < -0.39 is 0 Å². The Kier molecular flexibility index (Phi) is 4.26. The topological polar surface area (TPSA) is 35.2 Å². The van der Waals surface area contributed by atoms with E-state index in [1.165, 1.54) is 38.5 Å². The van der Waals surface area contributed by atoms with Crippen LogP contribution in [0.25, 0.3) is 0 Å². The summed E-state index contributed by atoms with van der Waals surface area (Å²) in [5.41, 5.74) is 6.41. The third-order valence-corrected chi connectivity index (χ3v) is 4.83. The highest BCUT2D eigenvalue weighted by Crippen LogP contribution is 2.36. The van der Waals surface area contributed by atoms with Crippen molar-refractivity contribution in [3.05, 3.63) is 0 Å². The normalized spacial score (nSPS) is 42.9. The molecule has 2 N–H and O–H groups in total. The Hall–Kier alpha value is -0.0800. The Labute approximate surface area is 99.9 Å². The molecule has 5 unspecified atom stereocenters. The van der Waals surface area contributed by atoms with Gasteiger partial charge in [-0.1, -0.05) is 20.3 Å². The predicted octanol–water partition coefficient (Wildman–Crippen LogP) is 2.96. The van der Waals surface area contributed by atoms with Gasteiger partial charge in [0.15, 0.2) is 0 Å². The first kappa shape index (κ1) is 12.4. The number of hydrogen-bond acceptors (Lipinski definition) is 2. The lowest BCUT2D eigenvalue weighted by Gasteiger charge is -2.39. The van der Waals surface area contributed by atoms with Crippen molar-refractivity contribution in [2.45, 2.75) is 64.5 Å². The van der Waals surface area contributed by atoms with Gasteiger partial charge in [-0.15, -0.1) is 0 Å². The first-order valence-electron chi connectivity index (χ1n) is 7.05. The summed E-state index contributed by atoms with van der Waals surface area (Å²) >= 11 is 0. The second-order valence-electron chi connectivity index (χ2n) is 6.01. The summed E-state index contributed by atoms with van der Waals surface area (Å²) in [6.07, 6.45) is 8.03. The van der Waals surface area contributed by atoms with Crippen molar-refractivity contribution in [3.63, 3.8) is 0 Å². The highest BCUT2D eigenvalue weighted by atomic mass is 16.5. The molecule has 2 nitrogen and oxygen atoms in total. The average Bonchev–Trinajstić information content (AvgIpc) is 2.33. The number of hydrogen-bond donors (Lipinski definition) is 1. The Balaban J connectivity index is 1.86.